The number of hydrogen-bond acceptors (Lipinski definition) is 3. The van der Waals surface area contributed by atoms with Crippen molar-refractivity contribution in [3.63, 3.8) is 0 Å². The number of hydrogen-bond donors (Lipinski definition) is 1. The predicted octanol–water partition coefficient (Wildman–Crippen LogP) is 3.88. The Morgan fingerprint density at radius 1 is 1.19 bits per heavy atom. The van der Waals surface area contributed by atoms with Crippen LogP contribution in [-0.2, 0) is 0 Å². The average Bonchev–Trinajstić information content (AvgIpc) is 2.45. The van der Waals surface area contributed by atoms with Crippen molar-refractivity contribution >= 4 is 16.7 Å². The number of benzene rings is 1. The standard InChI is InChI=1S/C18H24N2O/c1-12(5-4-6-13(2)19)18(21)16-9-10-17-15(11-16)8-7-14(3)20-17/h7-13H,4-6,19H2,1-3H3. The summed E-state index contributed by atoms with van der Waals surface area (Å²) in [6, 6.07) is 9.98. The number of carbonyl (C=O) groups excluding carboxylic acids is 1. The Hall–Kier alpha value is -1.74. The van der Waals surface area contributed by atoms with Crippen molar-refractivity contribution < 1.29 is 4.79 Å². The van der Waals surface area contributed by atoms with Crippen LogP contribution in [0.4, 0.5) is 0 Å². The van der Waals surface area contributed by atoms with Crippen LogP contribution in [0.2, 0.25) is 0 Å². The SMILES string of the molecule is Cc1ccc2cc(C(=O)C(C)CCCC(C)N)ccc2n1. The second kappa shape index (κ2) is 6.81. The summed E-state index contributed by atoms with van der Waals surface area (Å²) in [5, 5.41) is 1.02. The number of rotatable bonds is 6. The van der Waals surface area contributed by atoms with Crippen molar-refractivity contribution in [2.75, 3.05) is 0 Å². The average molecular weight is 284 g/mol. The molecule has 1 aromatic carbocycles. The summed E-state index contributed by atoms with van der Waals surface area (Å²) in [5.74, 6) is 0.252. The number of nitrogens with two attached hydrogens (primary N) is 1. The van der Waals surface area contributed by atoms with Crippen molar-refractivity contribution in [2.45, 2.75) is 46.1 Å². The van der Waals surface area contributed by atoms with E-state index in [0.29, 0.717) is 0 Å². The van der Waals surface area contributed by atoms with Crippen LogP contribution in [0, 0.1) is 12.8 Å². The lowest BCUT2D eigenvalue weighted by Crippen LogP contribution is -2.16. The zero-order chi connectivity index (χ0) is 15.4. The fourth-order valence-electron chi connectivity index (χ4n) is 2.54. The maximum atomic E-state index is 12.5. The van der Waals surface area contributed by atoms with Gasteiger partial charge >= 0.3 is 0 Å². The summed E-state index contributed by atoms with van der Waals surface area (Å²) in [6.45, 7) is 5.98. The monoisotopic (exact) mass is 284 g/mol. The van der Waals surface area contributed by atoms with E-state index in [1.165, 1.54) is 0 Å². The molecule has 1 aromatic heterocycles. The van der Waals surface area contributed by atoms with Crippen LogP contribution < -0.4 is 5.73 Å². The molecule has 0 radical (unpaired) electrons. The van der Waals surface area contributed by atoms with Crippen molar-refractivity contribution in [3.05, 3.63) is 41.6 Å². The van der Waals surface area contributed by atoms with Gasteiger partial charge in [0, 0.05) is 28.6 Å². The van der Waals surface area contributed by atoms with Crippen LogP contribution in [0.3, 0.4) is 0 Å². The maximum Gasteiger partial charge on any atom is 0.165 e. The van der Waals surface area contributed by atoms with Gasteiger partial charge in [-0.3, -0.25) is 9.78 Å². The van der Waals surface area contributed by atoms with Crippen molar-refractivity contribution in [1.29, 1.82) is 0 Å². The fourth-order valence-corrected chi connectivity index (χ4v) is 2.54. The number of aryl methyl sites for hydroxylation is 1. The van der Waals surface area contributed by atoms with E-state index in [-0.39, 0.29) is 17.7 Å². The molecule has 0 aliphatic carbocycles. The first kappa shape index (κ1) is 15.6. The molecule has 0 spiro atoms. The van der Waals surface area contributed by atoms with Gasteiger partial charge in [-0.2, -0.15) is 0 Å². The molecular weight excluding hydrogens is 260 g/mol. The number of aromatic nitrogens is 1. The third-order valence-electron chi connectivity index (χ3n) is 3.86. The minimum absolute atomic E-state index is 0.0413. The number of nitrogens with zero attached hydrogens (tertiary/aromatic N) is 1. The van der Waals surface area contributed by atoms with Gasteiger partial charge in [-0.1, -0.05) is 19.4 Å². The largest absolute Gasteiger partial charge is 0.328 e. The second-order valence-corrected chi connectivity index (χ2v) is 6.03. The zero-order valence-corrected chi connectivity index (χ0v) is 13.1. The Labute approximate surface area is 126 Å². The molecule has 3 heteroatoms. The fraction of sp³-hybridized carbons (Fsp3) is 0.444. The van der Waals surface area contributed by atoms with Crippen molar-refractivity contribution in [2.24, 2.45) is 11.7 Å². The molecule has 0 fully saturated rings. The molecule has 112 valence electrons. The van der Waals surface area contributed by atoms with Gasteiger partial charge in [-0.05, 0) is 51.0 Å². The third-order valence-corrected chi connectivity index (χ3v) is 3.86. The van der Waals surface area contributed by atoms with Crippen LogP contribution in [-0.4, -0.2) is 16.8 Å². The molecule has 2 unspecified atom stereocenters. The van der Waals surface area contributed by atoms with Gasteiger partial charge in [-0.15, -0.1) is 0 Å². The second-order valence-electron chi connectivity index (χ2n) is 6.03. The van der Waals surface area contributed by atoms with Crippen LogP contribution >= 0.6 is 0 Å². The van der Waals surface area contributed by atoms with Gasteiger partial charge in [0.25, 0.3) is 0 Å². The first-order valence-electron chi connectivity index (χ1n) is 7.64. The number of fused-ring (bicyclic) bond motifs is 1. The highest BCUT2D eigenvalue weighted by molar-refractivity contribution is 6.00. The highest BCUT2D eigenvalue weighted by atomic mass is 16.1. The van der Waals surface area contributed by atoms with Gasteiger partial charge in [0.2, 0.25) is 0 Å². The summed E-state index contributed by atoms with van der Waals surface area (Å²) in [5.41, 5.74) is 8.46. The molecule has 2 atom stereocenters. The van der Waals surface area contributed by atoms with Gasteiger partial charge in [0.15, 0.2) is 5.78 Å². The van der Waals surface area contributed by atoms with Crippen LogP contribution in [0.15, 0.2) is 30.3 Å². The van der Waals surface area contributed by atoms with E-state index < -0.39 is 0 Å². The van der Waals surface area contributed by atoms with Gasteiger partial charge in [0.05, 0.1) is 5.52 Å². The van der Waals surface area contributed by atoms with E-state index in [2.05, 4.69) is 4.98 Å². The zero-order valence-electron chi connectivity index (χ0n) is 13.1. The molecule has 0 saturated heterocycles. The summed E-state index contributed by atoms with van der Waals surface area (Å²) in [4.78, 5) is 16.9. The van der Waals surface area contributed by atoms with Gasteiger partial charge in [0.1, 0.15) is 0 Å². The van der Waals surface area contributed by atoms with Crippen LogP contribution in [0.1, 0.15) is 49.2 Å². The molecule has 0 amide bonds. The molecule has 0 aliphatic rings. The Morgan fingerprint density at radius 3 is 2.67 bits per heavy atom. The van der Waals surface area contributed by atoms with E-state index in [4.69, 9.17) is 5.73 Å². The lowest BCUT2D eigenvalue weighted by molar-refractivity contribution is 0.0922. The molecule has 21 heavy (non-hydrogen) atoms. The third kappa shape index (κ3) is 4.11. The first-order chi connectivity index (χ1) is 9.97. The molecular formula is C18H24N2O. The molecule has 1 heterocycles. The summed E-state index contributed by atoms with van der Waals surface area (Å²) >= 11 is 0. The van der Waals surface area contributed by atoms with Gasteiger partial charge in [-0.25, -0.2) is 0 Å². The van der Waals surface area contributed by atoms with E-state index in [1.807, 2.05) is 51.1 Å². The quantitative estimate of drug-likeness (QED) is 0.819. The molecule has 0 bridgehead atoms. The molecule has 2 N–H and O–H groups in total. The highest BCUT2D eigenvalue weighted by Gasteiger charge is 2.15. The maximum absolute atomic E-state index is 12.5. The lowest BCUT2D eigenvalue weighted by atomic mass is 9.93. The molecule has 3 nitrogen and oxygen atoms in total. The van der Waals surface area contributed by atoms with E-state index in [0.717, 1.165) is 41.4 Å². The Bertz CT molecular complexity index is 634. The van der Waals surface area contributed by atoms with E-state index in [1.54, 1.807) is 0 Å². The lowest BCUT2D eigenvalue weighted by Gasteiger charge is -2.12. The van der Waals surface area contributed by atoms with E-state index >= 15 is 0 Å². The molecule has 0 aliphatic heterocycles. The Morgan fingerprint density at radius 2 is 1.95 bits per heavy atom. The number of carbonyl (C=O) groups is 1. The predicted molar refractivity (Wildman–Crippen MR) is 87.5 cm³/mol. The van der Waals surface area contributed by atoms with Gasteiger partial charge < -0.3 is 5.73 Å². The summed E-state index contributed by atoms with van der Waals surface area (Å²) in [6.07, 6.45) is 2.86. The highest BCUT2D eigenvalue weighted by Crippen LogP contribution is 2.20. The molecule has 2 aromatic rings. The normalized spacial score (nSPS) is 14.1. The summed E-state index contributed by atoms with van der Waals surface area (Å²) < 4.78 is 0. The van der Waals surface area contributed by atoms with Crippen molar-refractivity contribution in [3.8, 4) is 0 Å². The van der Waals surface area contributed by atoms with Crippen molar-refractivity contribution in [1.82, 2.24) is 4.98 Å². The molecule has 2 rings (SSSR count). The topological polar surface area (TPSA) is 56.0 Å². The van der Waals surface area contributed by atoms with Crippen LogP contribution in [0.5, 0.6) is 0 Å². The summed E-state index contributed by atoms with van der Waals surface area (Å²) in [7, 11) is 0. The first-order valence-corrected chi connectivity index (χ1v) is 7.64. The number of pyridine rings is 1. The van der Waals surface area contributed by atoms with E-state index in [9.17, 15) is 4.79 Å². The Kier molecular flexibility index (Phi) is 5.07. The number of Topliss-reactive ketones (excluding diaryl/α,β-unsaturated/α-hetero) is 1. The van der Waals surface area contributed by atoms with Crippen LogP contribution in [0.25, 0.3) is 10.9 Å². The smallest absolute Gasteiger partial charge is 0.165 e. The minimum Gasteiger partial charge on any atom is -0.328 e. The minimum atomic E-state index is 0.0413. The number of ketones is 1. The Balaban J connectivity index is 2.10. The molecule has 0 saturated carbocycles.